The molecule has 0 aromatic heterocycles. The van der Waals surface area contributed by atoms with E-state index in [2.05, 4.69) is 0 Å². The van der Waals surface area contributed by atoms with Gasteiger partial charge in [0.15, 0.2) is 0 Å². The van der Waals surface area contributed by atoms with E-state index in [1.807, 2.05) is 23.1 Å². The predicted molar refractivity (Wildman–Crippen MR) is 78.3 cm³/mol. The number of likely N-dealkylation sites (tertiary alicyclic amines) is 1. The molecule has 1 fully saturated rings. The van der Waals surface area contributed by atoms with Crippen molar-refractivity contribution >= 4 is 17.5 Å². The van der Waals surface area contributed by atoms with Crippen molar-refractivity contribution in [2.75, 3.05) is 33.9 Å². The number of amides is 1. The minimum atomic E-state index is 0.202. The van der Waals surface area contributed by atoms with Gasteiger partial charge in [0.2, 0.25) is 5.91 Å². The number of ether oxygens (including phenoxy) is 2. The number of halogens is 1. The highest BCUT2D eigenvalue weighted by Gasteiger charge is 2.29. The first-order chi connectivity index (χ1) is 9.63. The molecule has 4 nitrogen and oxygen atoms in total. The summed E-state index contributed by atoms with van der Waals surface area (Å²) in [7, 11) is 3.30. The molecule has 1 amide bonds. The molecule has 5 heteroatoms. The lowest BCUT2D eigenvalue weighted by molar-refractivity contribution is -0.128. The molecule has 0 saturated carbocycles. The van der Waals surface area contributed by atoms with Crippen molar-refractivity contribution in [3.05, 3.63) is 28.8 Å². The van der Waals surface area contributed by atoms with Gasteiger partial charge in [0.25, 0.3) is 0 Å². The maximum atomic E-state index is 11.9. The van der Waals surface area contributed by atoms with Crippen LogP contribution in [0.15, 0.2) is 18.2 Å². The molecule has 0 radical (unpaired) electrons. The molecule has 0 spiro atoms. The lowest BCUT2D eigenvalue weighted by Gasteiger charge is -2.16. The maximum Gasteiger partial charge on any atom is 0.223 e. The Morgan fingerprint density at radius 2 is 2.20 bits per heavy atom. The maximum absolute atomic E-state index is 11.9. The van der Waals surface area contributed by atoms with Gasteiger partial charge in [-0.1, -0.05) is 11.6 Å². The molecular weight excluding hydrogens is 278 g/mol. The predicted octanol–water partition coefficient (Wildman–Crippen LogP) is 2.39. The van der Waals surface area contributed by atoms with E-state index in [1.54, 1.807) is 14.2 Å². The van der Waals surface area contributed by atoms with Crippen molar-refractivity contribution < 1.29 is 14.3 Å². The molecule has 1 unspecified atom stereocenters. The van der Waals surface area contributed by atoms with Gasteiger partial charge in [-0.3, -0.25) is 4.79 Å². The molecule has 1 heterocycles. The van der Waals surface area contributed by atoms with E-state index >= 15 is 0 Å². The highest BCUT2D eigenvalue weighted by atomic mass is 35.5. The molecular formula is C15H20ClNO3. The Morgan fingerprint density at radius 1 is 1.40 bits per heavy atom. The third kappa shape index (κ3) is 3.64. The first-order valence-corrected chi connectivity index (χ1v) is 7.11. The summed E-state index contributed by atoms with van der Waals surface area (Å²) in [6.45, 7) is 2.02. The summed E-state index contributed by atoms with van der Waals surface area (Å²) in [6, 6.07) is 5.61. The lowest BCUT2D eigenvalue weighted by atomic mass is 9.98. The molecule has 1 aliphatic heterocycles. The van der Waals surface area contributed by atoms with Gasteiger partial charge >= 0.3 is 0 Å². The number of carbonyl (C=O) groups excluding carboxylic acids is 1. The van der Waals surface area contributed by atoms with Gasteiger partial charge in [-0.05, 0) is 36.1 Å². The van der Waals surface area contributed by atoms with E-state index in [-0.39, 0.29) is 5.91 Å². The zero-order valence-electron chi connectivity index (χ0n) is 11.9. The summed E-state index contributed by atoms with van der Waals surface area (Å²) in [5.74, 6) is 1.34. The van der Waals surface area contributed by atoms with Crippen LogP contribution in [0.3, 0.4) is 0 Å². The molecule has 1 saturated heterocycles. The summed E-state index contributed by atoms with van der Waals surface area (Å²) in [6.07, 6.45) is 1.39. The average Bonchev–Trinajstić information content (AvgIpc) is 2.77. The van der Waals surface area contributed by atoms with Crippen LogP contribution in [0.25, 0.3) is 0 Å². The minimum absolute atomic E-state index is 0.202. The number of hydrogen-bond acceptors (Lipinski definition) is 3. The van der Waals surface area contributed by atoms with Gasteiger partial charge in [0.05, 0.1) is 13.7 Å². The standard InChI is InChI=1S/C15H20ClNO3/c1-19-6-5-17-10-11(8-15(17)18)7-12-9-13(16)3-4-14(12)20-2/h3-4,9,11H,5-8,10H2,1-2H3. The van der Waals surface area contributed by atoms with Crippen molar-refractivity contribution in [3.8, 4) is 5.75 Å². The normalized spacial score (nSPS) is 18.6. The van der Waals surface area contributed by atoms with Crippen LogP contribution < -0.4 is 4.74 Å². The van der Waals surface area contributed by atoms with E-state index in [4.69, 9.17) is 21.1 Å². The Hall–Kier alpha value is -1.26. The summed E-state index contributed by atoms with van der Waals surface area (Å²) in [5, 5.41) is 0.696. The van der Waals surface area contributed by atoms with Crippen molar-refractivity contribution in [1.82, 2.24) is 4.90 Å². The largest absolute Gasteiger partial charge is 0.496 e. The van der Waals surface area contributed by atoms with Crippen LogP contribution in [0.4, 0.5) is 0 Å². The first kappa shape index (κ1) is 15.1. The molecule has 1 aliphatic rings. The number of benzene rings is 1. The fraction of sp³-hybridized carbons (Fsp3) is 0.533. The summed E-state index contributed by atoms with van der Waals surface area (Å²) < 4.78 is 10.4. The van der Waals surface area contributed by atoms with Crippen LogP contribution >= 0.6 is 11.6 Å². The number of rotatable bonds is 6. The third-order valence-corrected chi connectivity index (χ3v) is 3.85. The molecule has 1 aromatic rings. The van der Waals surface area contributed by atoms with Gasteiger partial charge in [0, 0.05) is 31.6 Å². The Labute approximate surface area is 124 Å². The number of nitrogens with zero attached hydrogens (tertiary/aromatic N) is 1. The van der Waals surface area contributed by atoms with E-state index in [9.17, 15) is 4.79 Å². The molecule has 2 rings (SSSR count). The van der Waals surface area contributed by atoms with E-state index in [1.165, 1.54) is 0 Å². The van der Waals surface area contributed by atoms with Crippen LogP contribution in [0.1, 0.15) is 12.0 Å². The van der Waals surface area contributed by atoms with Gasteiger partial charge < -0.3 is 14.4 Å². The van der Waals surface area contributed by atoms with Gasteiger partial charge in [-0.15, -0.1) is 0 Å². The highest BCUT2D eigenvalue weighted by molar-refractivity contribution is 6.30. The SMILES string of the molecule is COCCN1CC(Cc2cc(Cl)ccc2OC)CC1=O. The monoisotopic (exact) mass is 297 g/mol. The first-order valence-electron chi connectivity index (χ1n) is 6.73. The Morgan fingerprint density at radius 3 is 2.90 bits per heavy atom. The average molecular weight is 298 g/mol. The van der Waals surface area contributed by atoms with E-state index < -0.39 is 0 Å². The van der Waals surface area contributed by atoms with E-state index in [0.717, 1.165) is 24.3 Å². The van der Waals surface area contributed by atoms with Crippen LogP contribution in [-0.2, 0) is 16.0 Å². The van der Waals surface area contributed by atoms with Crippen LogP contribution in [0, 0.1) is 5.92 Å². The second-order valence-electron chi connectivity index (χ2n) is 5.06. The zero-order chi connectivity index (χ0) is 14.5. The van der Waals surface area contributed by atoms with Crippen molar-refractivity contribution in [3.63, 3.8) is 0 Å². The Bertz CT molecular complexity index is 478. The fourth-order valence-corrected chi connectivity index (χ4v) is 2.82. The third-order valence-electron chi connectivity index (χ3n) is 3.61. The summed E-state index contributed by atoms with van der Waals surface area (Å²) in [5.41, 5.74) is 1.06. The molecule has 20 heavy (non-hydrogen) atoms. The smallest absolute Gasteiger partial charge is 0.223 e. The van der Waals surface area contributed by atoms with Crippen molar-refractivity contribution in [2.24, 2.45) is 5.92 Å². The van der Waals surface area contributed by atoms with Crippen LogP contribution in [0.2, 0.25) is 5.02 Å². The lowest BCUT2D eigenvalue weighted by Crippen LogP contribution is -2.28. The second-order valence-corrected chi connectivity index (χ2v) is 5.50. The number of hydrogen-bond donors (Lipinski definition) is 0. The highest BCUT2D eigenvalue weighted by Crippen LogP contribution is 2.28. The molecule has 110 valence electrons. The van der Waals surface area contributed by atoms with Gasteiger partial charge in [-0.25, -0.2) is 0 Å². The van der Waals surface area contributed by atoms with Crippen LogP contribution in [-0.4, -0.2) is 44.7 Å². The van der Waals surface area contributed by atoms with Gasteiger partial charge in [0.1, 0.15) is 5.75 Å². The summed E-state index contributed by atoms with van der Waals surface area (Å²) >= 11 is 6.04. The molecule has 0 N–H and O–H groups in total. The van der Waals surface area contributed by atoms with Crippen molar-refractivity contribution in [2.45, 2.75) is 12.8 Å². The second kappa shape index (κ2) is 6.95. The minimum Gasteiger partial charge on any atom is -0.496 e. The molecule has 0 bridgehead atoms. The number of carbonyl (C=O) groups is 1. The molecule has 0 aliphatic carbocycles. The van der Waals surface area contributed by atoms with Gasteiger partial charge in [-0.2, -0.15) is 0 Å². The number of methoxy groups -OCH3 is 2. The van der Waals surface area contributed by atoms with Crippen molar-refractivity contribution in [1.29, 1.82) is 0 Å². The zero-order valence-corrected chi connectivity index (χ0v) is 12.7. The molecule has 1 aromatic carbocycles. The Kier molecular flexibility index (Phi) is 5.26. The fourth-order valence-electron chi connectivity index (χ4n) is 2.63. The topological polar surface area (TPSA) is 38.8 Å². The Balaban J connectivity index is 2.01. The summed E-state index contributed by atoms with van der Waals surface area (Å²) in [4.78, 5) is 13.8. The molecule has 1 atom stereocenters. The van der Waals surface area contributed by atoms with E-state index in [0.29, 0.717) is 30.5 Å². The quantitative estimate of drug-likeness (QED) is 0.809. The van der Waals surface area contributed by atoms with Crippen LogP contribution in [0.5, 0.6) is 5.75 Å².